The van der Waals surface area contributed by atoms with E-state index in [1.54, 1.807) is 0 Å². The van der Waals surface area contributed by atoms with Crippen LogP contribution in [-0.2, 0) is 0 Å². The number of anilines is 2. The Morgan fingerprint density at radius 3 is 2.65 bits per heavy atom. The van der Waals surface area contributed by atoms with Gasteiger partial charge < -0.3 is 15.8 Å². The van der Waals surface area contributed by atoms with Crippen LogP contribution in [0.1, 0.15) is 51.3 Å². The number of rotatable bonds is 5. The summed E-state index contributed by atoms with van der Waals surface area (Å²) in [4.78, 5) is 8.89. The summed E-state index contributed by atoms with van der Waals surface area (Å²) in [6, 6.07) is 2.09. The molecule has 0 aliphatic heterocycles. The van der Waals surface area contributed by atoms with Crippen molar-refractivity contribution in [1.82, 2.24) is 9.97 Å². The SMILES string of the molecule is CC(C)c1nc(NN)cc(NC2CCCCC2CO)n1. The highest BCUT2D eigenvalue weighted by Gasteiger charge is 2.25. The number of nitrogen functional groups attached to an aromatic ring is 1. The number of aliphatic hydroxyl groups is 1. The predicted octanol–water partition coefficient (Wildman–Crippen LogP) is 1.85. The molecule has 0 amide bonds. The molecule has 5 N–H and O–H groups in total. The zero-order valence-corrected chi connectivity index (χ0v) is 12.3. The van der Waals surface area contributed by atoms with Gasteiger partial charge in [-0.3, -0.25) is 0 Å². The molecule has 0 aromatic carbocycles. The first-order chi connectivity index (χ1) is 9.63. The van der Waals surface area contributed by atoms with Gasteiger partial charge in [0, 0.05) is 30.6 Å². The maximum Gasteiger partial charge on any atom is 0.145 e. The van der Waals surface area contributed by atoms with E-state index in [4.69, 9.17) is 5.84 Å². The number of nitrogens with one attached hydrogen (secondary N) is 2. The summed E-state index contributed by atoms with van der Waals surface area (Å²) in [6.45, 7) is 4.33. The molecule has 1 aromatic rings. The topological polar surface area (TPSA) is 96.1 Å². The van der Waals surface area contributed by atoms with Crippen LogP contribution in [-0.4, -0.2) is 27.7 Å². The molecule has 1 aromatic heterocycles. The van der Waals surface area contributed by atoms with Crippen molar-refractivity contribution in [1.29, 1.82) is 0 Å². The maximum atomic E-state index is 9.48. The summed E-state index contributed by atoms with van der Waals surface area (Å²) in [5.74, 6) is 8.16. The molecule has 6 heteroatoms. The van der Waals surface area contributed by atoms with Crippen LogP contribution in [0.3, 0.4) is 0 Å². The van der Waals surface area contributed by atoms with Crippen molar-refractivity contribution >= 4 is 11.6 Å². The first-order valence-corrected chi connectivity index (χ1v) is 7.37. The smallest absolute Gasteiger partial charge is 0.145 e. The zero-order valence-electron chi connectivity index (χ0n) is 12.3. The van der Waals surface area contributed by atoms with Gasteiger partial charge in [0.15, 0.2) is 0 Å². The number of nitrogens with zero attached hydrogens (tertiary/aromatic N) is 2. The van der Waals surface area contributed by atoms with E-state index >= 15 is 0 Å². The lowest BCUT2D eigenvalue weighted by atomic mass is 9.85. The fourth-order valence-corrected chi connectivity index (χ4v) is 2.68. The number of hydrogen-bond acceptors (Lipinski definition) is 6. The Morgan fingerprint density at radius 1 is 1.30 bits per heavy atom. The molecule has 1 saturated carbocycles. The second-order valence-electron chi connectivity index (χ2n) is 5.77. The van der Waals surface area contributed by atoms with E-state index < -0.39 is 0 Å². The molecule has 1 aliphatic carbocycles. The Bertz CT molecular complexity index is 438. The Kier molecular flexibility index (Phi) is 5.14. The first-order valence-electron chi connectivity index (χ1n) is 7.37. The summed E-state index contributed by atoms with van der Waals surface area (Å²) in [5, 5.41) is 12.9. The fraction of sp³-hybridized carbons (Fsp3) is 0.714. The van der Waals surface area contributed by atoms with E-state index in [1.165, 1.54) is 12.8 Å². The lowest BCUT2D eigenvalue weighted by Gasteiger charge is -2.31. The monoisotopic (exact) mass is 279 g/mol. The van der Waals surface area contributed by atoms with Gasteiger partial charge in [0.25, 0.3) is 0 Å². The summed E-state index contributed by atoms with van der Waals surface area (Å²) in [5.41, 5.74) is 2.58. The van der Waals surface area contributed by atoms with Crippen LogP contribution in [0.15, 0.2) is 6.07 Å². The highest BCUT2D eigenvalue weighted by Crippen LogP contribution is 2.27. The molecule has 0 radical (unpaired) electrons. The average molecular weight is 279 g/mol. The molecule has 1 aliphatic rings. The molecule has 2 atom stereocenters. The standard InChI is InChI=1S/C14H25N5O/c1-9(2)14-17-12(7-13(18-14)19-15)16-11-6-4-3-5-10(11)8-20/h7,9-11,20H,3-6,8,15H2,1-2H3,(H2,16,17,18,19). The molecule has 2 rings (SSSR count). The van der Waals surface area contributed by atoms with Gasteiger partial charge in [-0.25, -0.2) is 15.8 Å². The van der Waals surface area contributed by atoms with Gasteiger partial charge in [0.05, 0.1) is 0 Å². The molecule has 0 bridgehead atoms. The van der Waals surface area contributed by atoms with E-state index in [9.17, 15) is 5.11 Å². The summed E-state index contributed by atoms with van der Waals surface area (Å²) in [6.07, 6.45) is 4.52. The number of hydrogen-bond donors (Lipinski definition) is 4. The van der Waals surface area contributed by atoms with Crippen LogP contribution in [0.25, 0.3) is 0 Å². The highest BCUT2D eigenvalue weighted by atomic mass is 16.3. The van der Waals surface area contributed by atoms with Gasteiger partial charge in [0.1, 0.15) is 17.5 Å². The fourth-order valence-electron chi connectivity index (χ4n) is 2.68. The van der Waals surface area contributed by atoms with Gasteiger partial charge in [-0.1, -0.05) is 26.7 Å². The number of nitrogens with two attached hydrogens (primary N) is 1. The molecular weight excluding hydrogens is 254 g/mol. The van der Waals surface area contributed by atoms with Gasteiger partial charge in [0.2, 0.25) is 0 Å². The summed E-state index contributed by atoms with van der Waals surface area (Å²) < 4.78 is 0. The summed E-state index contributed by atoms with van der Waals surface area (Å²) in [7, 11) is 0. The number of aliphatic hydroxyl groups excluding tert-OH is 1. The Morgan fingerprint density at radius 2 is 2.00 bits per heavy atom. The minimum atomic E-state index is 0.224. The van der Waals surface area contributed by atoms with Crippen LogP contribution in [0, 0.1) is 5.92 Å². The third kappa shape index (κ3) is 3.58. The van der Waals surface area contributed by atoms with E-state index in [0.717, 1.165) is 24.5 Å². The highest BCUT2D eigenvalue weighted by molar-refractivity contribution is 5.47. The Balaban J connectivity index is 2.16. The quantitative estimate of drug-likeness (QED) is 0.485. The summed E-state index contributed by atoms with van der Waals surface area (Å²) >= 11 is 0. The van der Waals surface area contributed by atoms with Crippen molar-refractivity contribution in [3.63, 3.8) is 0 Å². The van der Waals surface area contributed by atoms with Gasteiger partial charge in [-0.05, 0) is 12.8 Å². The van der Waals surface area contributed by atoms with E-state index in [1.807, 2.05) is 6.07 Å². The molecule has 112 valence electrons. The van der Waals surface area contributed by atoms with Crippen molar-refractivity contribution in [2.45, 2.75) is 51.5 Å². The minimum absolute atomic E-state index is 0.224. The lowest BCUT2D eigenvalue weighted by Crippen LogP contribution is -2.34. The molecule has 0 saturated heterocycles. The van der Waals surface area contributed by atoms with Crippen molar-refractivity contribution in [2.24, 2.45) is 11.8 Å². The maximum absolute atomic E-state index is 9.48. The normalized spacial score (nSPS) is 22.9. The minimum Gasteiger partial charge on any atom is -0.396 e. The van der Waals surface area contributed by atoms with E-state index in [0.29, 0.717) is 11.7 Å². The second kappa shape index (κ2) is 6.85. The molecule has 6 nitrogen and oxygen atoms in total. The van der Waals surface area contributed by atoms with Gasteiger partial charge >= 0.3 is 0 Å². The number of aromatic nitrogens is 2. The van der Waals surface area contributed by atoms with Gasteiger partial charge in [-0.2, -0.15) is 0 Å². The Hall–Kier alpha value is -1.40. The third-order valence-electron chi connectivity index (χ3n) is 3.88. The largest absolute Gasteiger partial charge is 0.396 e. The molecule has 1 heterocycles. The van der Waals surface area contributed by atoms with Gasteiger partial charge in [-0.15, -0.1) is 0 Å². The van der Waals surface area contributed by atoms with Crippen molar-refractivity contribution in [2.75, 3.05) is 17.3 Å². The zero-order chi connectivity index (χ0) is 14.5. The molecule has 2 unspecified atom stereocenters. The van der Waals surface area contributed by atoms with Crippen LogP contribution in [0.2, 0.25) is 0 Å². The van der Waals surface area contributed by atoms with E-state index in [2.05, 4.69) is 34.6 Å². The molecule has 0 spiro atoms. The first kappa shape index (κ1) is 15.0. The van der Waals surface area contributed by atoms with Crippen molar-refractivity contribution in [3.05, 3.63) is 11.9 Å². The lowest BCUT2D eigenvalue weighted by molar-refractivity contribution is 0.178. The van der Waals surface area contributed by atoms with E-state index in [-0.39, 0.29) is 18.6 Å². The van der Waals surface area contributed by atoms with Crippen molar-refractivity contribution < 1.29 is 5.11 Å². The van der Waals surface area contributed by atoms with Crippen molar-refractivity contribution in [3.8, 4) is 0 Å². The number of hydrazine groups is 1. The van der Waals surface area contributed by atoms with Crippen LogP contribution in [0.5, 0.6) is 0 Å². The van der Waals surface area contributed by atoms with Crippen LogP contribution >= 0.6 is 0 Å². The average Bonchev–Trinajstić information content (AvgIpc) is 2.47. The molecule has 20 heavy (non-hydrogen) atoms. The van der Waals surface area contributed by atoms with Crippen LogP contribution < -0.4 is 16.6 Å². The predicted molar refractivity (Wildman–Crippen MR) is 80.4 cm³/mol. The molecular formula is C14H25N5O. The third-order valence-corrected chi connectivity index (χ3v) is 3.88. The Labute approximate surface area is 120 Å². The second-order valence-corrected chi connectivity index (χ2v) is 5.77. The molecule has 1 fully saturated rings. The van der Waals surface area contributed by atoms with Crippen LogP contribution in [0.4, 0.5) is 11.6 Å².